The average molecular weight is 359 g/mol. The molecule has 0 spiro atoms. The summed E-state index contributed by atoms with van der Waals surface area (Å²) in [6, 6.07) is 5.84. The van der Waals surface area contributed by atoms with Gasteiger partial charge in [-0.2, -0.15) is 5.10 Å². The number of carbonyl (C=O) groups excluding carboxylic acids is 1. The lowest BCUT2D eigenvalue weighted by Gasteiger charge is -2.16. The van der Waals surface area contributed by atoms with Crippen molar-refractivity contribution in [3.63, 3.8) is 0 Å². The summed E-state index contributed by atoms with van der Waals surface area (Å²) in [5.41, 5.74) is 3.60. The Kier molecular flexibility index (Phi) is 5.06. The minimum Gasteiger partial charge on any atom is -0.481 e. The number of halogens is 1. The number of H-pyrrole nitrogens is 1. The number of nitrogens with zero attached hydrogens (tertiary/aromatic N) is 2. The fourth-order valence-corrected chi connectivity index (χ4v) is 3.64. The van der Waals surface area contributed by atoms with E-state index in [1.54, 1.807) is 17.0 Å². The smallest absolute Gasteiger partial charge is 0.308 e. The van der Waals surface area contributed by atoms with Gasteiger partial charge in [-0.05, 0) is 43.5 Å². The number of carboxylic acid groups (broad SMARTS) is 1. The third-order valence-corrected chi connectivity index (χ3v) is 5.16. The zero-order valence-electron chi connectivity index (χ0n) is 14.8. The van der Waals surface area contributed by atoms with Gasteiger partial charge in [0.25, 0.3) is 0 Å². The van der Waals surface area contributed by atoms with Crippen LogP contribution < -0.4 is 0 Å². The Morgan fingerprint density at radius 2 is 1.96 bits per heavy atom. The van der Waals surface area contributed by atoms with Gasteiger partial charge < -0.3 is 10.0 Å². The van der Waals surface area contributed by atoms with Crippen molar-refractivity contribution in [2.75, 3.05) is 13.1 Å². The Balaban J connectivity index is 1.69. The molecule has 7 heteroatoms. The van der Waals surface area contributed by atoms with Crippen LogP contribution in [0.25, 0.3) is 0 Å². The summed E-state index contributed by atoms with van der Waals surface area (Å²) in [5.74, 6) is -2.37. The molecule has 6 nitrogen and oxygen atoms in total. The summed E-state index contributed by atoms with van der Waals surface area (Å²) in [6.45, 7) is 4.33. The molecule has 1 saturated heterocycles. The normalized spacial score (nSPS) is 19.7. The Hall–Kier alpha value is -2.70. The minimum atomic E-state index is -0.934. The second-order valence-electron chi connectivity index (χ2n) is 6.81. The van der Waals surface area contributed by atoms with E-state index < -0.39 is 11.9 Å². The molecule has 0 aliphatic carbocycles. The van der Waals surface area contributed by atoms with Gasteiger partial charge in [-0.1, -0.05) is 12.1 Å². The van der Waals surface area contributed by atoms with Gasteiger partial charge in [0, 0.05) is 31.1 Å². The lowest BCUT2D eigenvalue weighted by atomic mass is 9.89. The molecule has 1 aliphatic heterocycles. The number of hydrogen-bond acceptors (Lipinski definition) is 3. The maximum absolute atomic E-state index is 13.1. The molecule has 1 amide bonds. The minimum absolute atomic E-state index is 0.0686. The number of aromatic nitrogens is 2. The van der Waals surface area contributed by atoms with E-state index >= 15 is 0 Å². The molecule has 0 saturated carbocycles. The lowest BCUT2D eigenvalue weighted by Crippen LogP contribution is -2.30. The second-order valence-corrected chi connectivity index (χ2v) is 6.81. The Labute approximate surface area is 151 Å². The van der Waals surface area contributed by atoms with Crippen LogP contribution in [0.5, 0.6) is 0 Å². The number of amides is 1. The van der Waals surface area contributed by atoms with Crippen LogP contribution in [0, 0.1) is 25.6 Å². The summed E-state index contributed by atoms with van der Waals surface area (Å²) in [4.78, 5) is 25.8. The highest BCUT2D eigenvalue weighted by Crippen LogP contribution is 2.33. The van der Waals surface area contributed by atoms with Gasteiger partial charge in [-0.3, -0.25) is 14.7 Å². The summed E-state index contributed by atoms with van der Waals surface area (Å²) in [7, 11) is 0. The largest absolute Gasteiger partial charge is 0.481 e. The zero-order chi connectivity index (χ0) is 18.8. The van der Waals surface area contributed by atoms with Crippen LogP contribution in [0.3, 0.4) is 0 Å². The first-order valence-electron chi connectivity index (χ1n) is 8.63. The monoisotopic (exact) mass is 359 g/mol. The van der Waals surface area contributed by atoms with Gasteiger partial charge in [0.1, 0.15) is 5.82 Å². The maximum Gasteiger partial charge on any atom is 0.308 e. The molecule has 0 unspecified atom stereocenters. The number of nitrogens with one attached hydrogen (secondary N) is 1. The second kappa shape index (κ2) is 7.27. The lowest BCUT2D eigenvalue weighted by molar-refractivity contribution is -0.141. The summed E-state index contributed by atoms with van der Waals surface area (Å²) in [5, 5.41) is 16.6. The first-order chi connectivity index (χ1) is 12.4. The molecule has 1 aromatic heterocycles. The zero-order valence-corrected chi connectivity index (χ0v) is 14.8. The molecule has 138 valence electrons. The summed E-state index contributed by atoms with van der Waals surface area (Å²) < 4.78 is 13.1. The molecular formula is C19H22FN3O3. The molecule has 1 aliphatic rings. The van der Waals surface area contributed by atoms with Gasteiger partial charge >= 0.3 is 5.97 Å². The van der Waals surface area contributed by atoms with Crippen LogP contribution in [0.2, 0.25) is 0 Å². The van der Waals surface area contributed by atoms with E-state index in [0.717, 1.165) is 22.5 Å². The number of aryl methyl sites for hydroxylation is 2. The molecule has 2 atom stereocenters. The molecule has 2 aromatic rings. The first kappa shape index (κ1) is 18.1. The highest BCUT2D eigenvalue weighted by atomic mass is 19.1. The summed E-state index contributed by atoms with van der Waals surface area (Å²) >= 11 is 0. The number of carbonyl (C=O) groups is 2. The van der Waals surface area contributed by atoms with Gasteiger partial charge in [0.15, 0.2) is 0 Å². The van der Waals surface area contributed by atoms with Crippen molar-refractivity contribution >= 4 is 11.9 Å². The van der Waals surface area contributed by atoms with E-state index in [4.69, 9.17) is 0 Å². The molecule has 3 rings (SSSR count). The quantitative estimate of drug-likeness (QED) is 0.858. The molecule has 2 heterocycles. The van der Waals surface area contributed by atoms with Crippen LogP contribution in [-0.4, -0.2) is 45.2 Å². The van der Waals surface area contributed by atoms with Crippen LogP contribution in [0.4, 0.5) is 4.39 Å². The molecule has 1 aromatic carbocycles. The Morgan fingerprint density at radius 1 is 1.27 bits per heavy atom. The fourth-order valence-electron chi connectivity index (χ4n) is 3.64. The van der Waals surface area contributed by atoms with Gasteiger partial charge in [0.2, 0.25) is 5.91 Å². The fraction of sp³-hybridized carbons (Fsp3) is 0.421. The number of benzene rings is 1. The van der Waals surface area contributed by atoms with Crippen LogP contribution in [-0.2, 0) is 16.0 Å². The van der Waals surface area contributed by atoms with E-state index in [1.807, 2.05) is 13.8 Å². The van der Waals surface area contributed by atoms with E-state index in [9.17, 15) is 19.1 Å². The molecule has 0 radical (unpaired) electrons. The van der Waals surface area contributed by atoms with Crippen molar-refractivity contribution in [1.29, 1.82) is 0 Å². The van der Waals surface area contributed by atoms with Gasteiger partial charge in [-0.15, -0.1) is 0 Å². The van der Waals surface area contributed by atoms with Crippen molar-refractivity contribution in [2.45, 2.75) is 32.6 Å². The number of rotatable bonds is 5. The highest BCUT2D eigenvalue weighted by Gasteiger charge is 2.40. The maximum atomic E-state index is 13.1. The summed E-state index contributed by atoms with van der Waals surface area (Å²) in [6.07, 6.45) is 0.881. The number of likely N-dealkylation sites (tertiary alicyclic amines) is 1. The SMILES string of the molecule is Cc1n[nH]c(C)c1CCC(=O)N1C[C@@H](C(=O)O)[C@H](c2ccc(F)cc2)C1. The van der Waals surface area contributed by atoms with Crippen LogP contribution >= 0.6 is 0 Å². The average Bonchev–Trinajstić information content (AvgIpc) is 3.18. The highest BCUT2D eigenvalue weighted by molar-refractivity contribution is 5.80. The van der Waals surface area contributed by atoms with Crippen molar-refractivity contribution < 1.29 is 19.1 Å². The molecular weight excluding hydrogens is 337 g/mol. The first-order valence-corrected chi connectivity index (χ1v) is 8.63. The van der Waals surface area contributed by atoms with Crippen LogP contribution in [0.1, 0.15) is 34.9 Å². The predicted molar refractivity (Wildman–Crippen MR) is 93.2 cm³/mol. The van der Waals surface area contributed by atoms with E-state index in [1.165, 1.54) is 12.1 Å². The van der Waals surface area contributed by atoms with Crippen LogP contribution in [0.15, 0.2) is 24.3 Å². The predicted octanol–water partition coefficient (Wildman–Crippen LogP) is 2.43. The van der Waals surface area contributed by atoms with Crippen molar-refractivity contribution in [3.05, 3.63) is 52.6 Å². The van der Waals surface area contributed by atoms with E-state index in [2.05, 4.69) is 10.2 Å². The number of carboxylic acids is 1. The molecule has 0 bridgehead atoms. The Bertz CT molecular complexity index is 796. The molecule has 1 fully saturated rings. The number of aliphatic carboxylic acids is 1. The standard InChI is InChI=1S/C19H22FN3O3/c1-11-15(12(2)22-21-11)7-8-18(24)23-9-16(17(10-23)19(25)26)13-3-5-14(20)6-4-13/h3-6,16-17H,7-10H2,1-2H3,(H,21,22)(H,25,26)/t16-,17+/m0/s1. The van der Waals surface area contributed by atoms with Gasteiger partial charge in [-0.25, -0.2) is 4.39 Å². The topological polar surface area (TPSA) is 86.3 Å². The Morgan fingerprint density at radius 3 is 2.54 bits per heavy atom. The van der Waals surface area contributed by atoms with E-state index in [-0.39, 0.29) is 24.2 Å². The van der Waals surface area contributed by atoms with E-state index in [0.29, 0.717) is 19.4 Å². The van der Waals surface area contributed by atoms with Crippen molar-refractivity contribution in [1.82, 2.24) is 15.1 Å². The van der Waals surface area contributed by atoms with Crippen molar-refractivity contribution in [3.8, 4) is 0 Å². The third kappa shape index (κ3) is 3.61. The molecule has 2 N–H and O–H groups in total. The van der Waals surface area contributed by atoms with Gasteiger partial charge in [0.05, 0.1) is 11.6 Å². The van der Waals surface area contributed by atoms with Crippen molar-refractivity contribution in [2.24, 2.45) is 5.92 Å². The third-order valence-electron chi connectivity index (χ3n) is 5.16. The molecule has 26 heavy (non-hydrogen) atoms. The number of aromatic amines is 1. The number of hydrogen-bond donors (Lipinski definition) is 2.